The summed E-state index contributed by atoms with van der Waals surface area (Å²) < 4.78 is 10.0. The summed E-state index contributed by atoms with van der Waals surface area (Å²) in [6.07, 6.45) is -6.79. The van der Waals surface area contributed by atoms with E-state index in [2.05, 4.69) is 0 Å². The van der Waals surface area contributed by atoms with Gasteiger partial charge in [0.15, 0.2) is 0 Å². The van der Waals surface area contributed by atoms with Crippen LogP contribution in [-0.4, -0.2) is 69.8 Å². The van der Waals surface area contributed by atoms with Crippen LogP contribution < -0.4 is 4.74 Å². The Kier molecular flexibility index (Phi) is 8.12. The van der Waals surface area contributed by atoms with Gasteiger partial charge in [-0.05, 0) is 54.3 Å². The third kappa shape index (κ3) is 5.75. The number of hydrogen-bond donors (Lipinski definition) is 5. The highest BCUT2D eigenvalue weighted by Gasteiger charge is 2.31. The summed E-state index contributed by atoms with van der Waals surface area (Å²) in [5.41, 5.74) is 2.64. The zero-order valence-corrected chi connectivity index (χ0v) is 16.2. The van der Waals surface area contributed by atoms with Crippen molar-refractivity contribution >= 4 is 5.97 Å². The third-order valence-electron chi connectivity index (χ3n) is 4.50. The molecule has 0 saturated heterocycles. The average molecular weight is 406 g/mol. The SMILES string of the molecule is COC(=O)c1cccc(-c2ccc(OC(O)C(O)C(O)C(O)CCO)c(C)c2)c1. The fourth-order valence-electron chi connectivity index (χ4n) is 2.80. The van der Waals surface area contributed by atoms with Crippen LogP contribution in [0, 0.1) is 6.92 Å². The number of aryl methyl sites for hydroxylation is 1. The Morgan fingerprint density at radius 1 is 1.00 bits per heavy atom. The molecule has 4 unspecified atom stereocenters. The van der Waals surface area contributed by atoms with Crippen molar-refractivity contribution in [2.24, 2.45) is 0 Å². The third-order valence-corrected chi connectivity index (χ3v) is 4.50. The molecule has 0 spiro atoms. The van der Waals surface area contributed by atoms with Gasteiger partial charge in [-0.3, -0.25) is 0 Å². The molecule has 0 fully saturated rings. The molecule has 0 bridgehead atoms. The molecule has 29 heavy (non-hydrogen) atoms. The van der Waals surface area contributed by atoms with Gasteiger partial charge in [-0.25, -0.2) is 4.79 Å². The maximum atomic E-state index is 11.7. The molecule has 0 aliphatic heterocycles. The van der Waals surface area contributed by atoms with Gasteiger partial charge < -0.3 is 35.0 Å². The Hall–Kier alpha value is -2.49. The van der Waals surface area contributed by atoms with Gasteiger partial charge in [-0.2, -0.15) is 0 Å². The van der Waals surface area contributed by atoms with E-state index in [1.807, 2.05) is 6.07 Å². The van der Waals surface area contributed by atoms with Crippen molar-refractivity contribution in [3.63, 3.8) is 0 Å². The van der Waals surface area contributed by atoms with Crippen molar-refractivity contribution in [1.82, 2.24) is 0 Å². The molecule has 2 rings (SSSR count). The predicted octanol–water partition coefficient (Wildman–Crippen LogP) is 0.611. The Morgan fingerprint density at radius 2 is 1.69 bits per heavy atom. The standard InChI is InChI=1S/C21H26O8/c1-12-10-14(13-4-3-5-15(11-13)20(26)28-2)6-7-17(12)29-21(27)19(25)18(24)16(23)8-9-22/h3-7,10-11,16,18-19,21-25,27H,8-9H2,1-2H3. The quantitative estimate of drug-likeness (QED) is 0.302. The normalized spacial score (nSPS) is 15.3. The van der Waals surface area contributed by atoms with E-state index in [-0.39, 0.29) is 18.8 Å². The maximum Gasteiger partial charge on any atom is 0.337 e. The van der Waals surface area contributed by atoms with E-state index in [1.165, 1.54) is 7.11 Å². The molecule has 0 aliphatic carbocycles. The van der Waals surface area contributed by atoms with Crippen molar-refractivity contribution in [2.45, 2.75) is 37.9 Å². The number of ether oxygens (including phenoxy) is 2. The minimum atomic E-state index is -1.79. The van der Waals surface area contributed by atoms with Gasteiger partial charge in [-0.15, -0.1) is 0 Å². The van der Waals surface area contributed by atoms with E-state index in [0.29, 0.717) is 11.1 Å². The van der Waals surface area contributed by atoms with E-state index in [1.54, 1.807) is 43.3 Å². The zero-order chi connectivity index (χ0) is 21.6. The summed E-state index contributed by atoms with van der Waals surface area (Å²) >= 11 is 0. The van der Waals surface area contributed by atoms with E-state index < -0.39 is 30.6 Å². The number of esters is 1. The Morgan fingerprint density at radius 3 is 2.31 bits per heavy atom. The largest absolute Gasteiger partial charge is 0.465 e. The van der Waals surface area contributed by atoms with E-state index in [9.17, 15) is 25.2 Å². The lowest BCUT2D eigenvalue weighted by atomic mass is 10.0. The molecule has 4 atom stereocenters. The van der Waals surface area contributed by atoms with Gasteiger partial charge in [0.05, 0.1) is 18.8 Å². The fourth-order valence-corrected chi connectivity index (χ4v) is 2.80. The van der Waals surface area contributed by atoms with Gasteiger partial charge in [0.1, 0.15) is 18.0 Å². The topological polar surface area (TPSA) is 137 Å². The van der Waals surface area contributed by atoms with E-state index >= 15 is 0 Å². The summed E-state index contributed by atoms with van der Waals surface area (Å²) in [6, 6.07) is 12.0. The van der Waals surface area contributed by atoms with Crippen molar-refractivity contribution < 1.29 is 39.8 Å². The van der Waals surface area contributed by atoms with Crippen molar-refractivity contribution in [2.75, 3.05) is 13.7 Å². The molecule has 8 nitrogen and oxygen atoms in total. The first-order valence-corrected chi connectivity index (χ1v) is 9.07. The highest BCUT2D eigenvalue weighted by molar-refractivity contribution is 5.91. The number of aliphatic hydroxyl groups is 5. The van der Waals surface area contributed by atoms with Gasteiger partial charge in [0, 0.05) is 6.61 Å². The first-order valence-electron chi connectivity index (χ1n) is 9.07. The van der Waals surface area contributed by atoms with Crippen LogP contribution >= 0.6 is 0 Å². The van der Waals surface area contributed by atoms with Crippen LogP contribution in [0.1, 0.15) is 22.3 Å². The molecule has 0 aromatic heterocycles. The van der Waals surface area contributed by atoms with Crippen LogP contribution in [0.5, 0.6) is 5.75 Å². The molecule has 0 aliphatic rings. The molecule has 0 heterocycles. The monoisotopic (exact) mass is 406 g/mol. The molecule has 158 valence electrons. The second-order valence-electron chi connectivity index (χ2n) is 6.62. The van der Waals surface area contributed by atoms with Crippen molar-refractivity contribution in [3.05, 3.63) is 53.6 Å². The Bertz CT molecular complexity index is 822. The first-order chi connectivity index (χ1) is 13.8. The minimum absolute atomic E-state index is 0.149. The summed E-state index contributed by atoms with van der Waals surface area (Å²) in [7, 11) is 1.31. The van der Waals surface area contributed by atoms with E-state index in [0.717, 1.165) is 11.1 Å². The number of benzene rings is 2. The molecule has 0 radical (unpaired) electrons. The summed E-state index contributed by atoms with van der Waals surface area (Å²) in [5, 5.41) is 48.2. The van der Waals surface area contributed by atoms with Crippen molar-refractivity contribution in [1.29, 1.82) is 0 Å². The molecule has 0 saturated carbocycles. The summed E-state index contributed by atoms with van der Waals surface area (Å²) in [6.45, 7) is 1.36. The van der Waals surface area contributed by atoms with E-state index in [4.69, 9.17) is 14.6 Å². The zero-order valence-electron chi connectivity index (χ0n) is 16.2. The van der Waals surface area contributed by atoms with Crippen LogP contribution in [0.4, 0.5) is 0 Å². The minimum Gasteiger partial charge on any atom is -0.465 e. The van der Waals surface area contributed by atoms with Gasteiger partial charge >= 0.3 is 5.97 Å². The van der Waals surface area contributed by atoms with Gasteiger partial charge in [-0.1, -0.05) is 18.2 Å². The van der Waals surface area contributed by atoms with Crippen LogP contribution in [0.25, 0.3) is 11.1 Å². The molecule has 2 aromatic carbocycles. The Labute approximate surface area is 168 Å². The van der Waals surface area contributed by atoms with Crippen LogP contribution in [-0.2, 0) is 4.74 Å². The average Bonchev–Trinajstić information content (AvgIpc) is 2.73. The second-order valence-corrected chi connectivity index (χ2v) is 6.62. The van der Waals surface area contributed by atoms with Gasteiger partial charge in [0.2, 0.25) is 6.29 Å². The molecule has 2 aromatic rings. The molecule has 5 N–H and O–H groups in total. The molecule has 8 heteroatoms. The van der Waals surface area contributed by atoms with Crippen LogP contribution in [0.15, 0.2) is 42.5 Å². The van der Waals surface area contributed by atoms with Gasteiger partial charge in [0.25, 0.3) is 0 Å². The lowest BCUT2D eigenvalue weighted by molar-refractivity contribution is -0.166. The second kappa shape index (κ2) is 10.3. The smallest absolute Gasteiger partial charge is 0.337 e. The number of rotatable bonds is 9. The number of methoxy groups -OCH3 is 1. The van der Waals surface area contributed by atoms with Crippen LogP contribution in [0.3, 0.4) is 0 Å². The predicted molar refractivity (Wildman–Crippen MR) is 104 cm³/mol. The lowest BCUT2D eigenvalue weighted by Gasteiger charge is -2.27. The first kappa shape index (κ1) is 22.8. The molecular weight excluding hydrogens is 380 g/mol. The molecule has 0 amide bonds. The highest BCUT2D eigenvalue weighted by atomic mass is 16.6. The number of carbonyl (C=O) groups is 1. The van der Waals surface area contributed by atoms with Crippen molar-refractivity contribution in [3.8, 4) is 16.9 Å². The number of hydrogen-bond acceptors (Lipinski definition) is 8. The summed E-state index contributed by atoms with van der Waals surface area (Å²) in [4.78, 5) is 11.7. The maximum absolute atomic E-state index is 11.7. The summed E-state index contributed by atoms with van der Waals surface area (Å²) in [5.74, 6) is -0.171. The fraction of sp³-hybridized carbons (Fsp3) is 0.381. The number of carbonyl (C=O) groups excluding carboxylic acids is 1. The lowest BCUT2D eigenvalue weighted by Crippen LogP contribution is -2.47. The number of aliphatic hydroxyl groups excluding tert-OH is 5. The highest BCUT2D eigenvalue weighted by Crippen LogP contribution is 2.28. The Balaban J connectivity index is 2.14. The van der Waals surface area contributed by atoms with Crippen LogP contribution in [0.2, 0.25) is 0 Å². The molecular formula is C21H26O8.